The van der Waals surface area contributed by atoms with E-state index in [2.05, 4.69) is 10.2 Å². The van der Waals surface area contributed by atoms with Crippen molar-refractivity contribution in [2.24, 2.45) is 0 Å². The van der Waals surface area contributed by atoms with Gasteiger partial charge in [0.15, 0.2) is 0 Å². The van der Waals surface area contributed by atoms with Crippen molar-refractivity contribution in [2.75, 3.05) is 18.4 Å². The second kappa shape index (κ2) is 3.98. The van der Waals surface area contributed by atoms with E-state index in [0.717, 1.165) is 5.69 Å². The number of phenolic OH excluding ortho intramolecular Hbond substituents is 1. The van der Waals surface area contributed by atoms with Crippen LogP contribution < -0.4 is 5.32 Å². The Hall–Kier alpha value is -1.22. The van der Waals surface area contributed by atoms with Gasteiger partial charge in [-0.2, -0.15) is 0 Å². The van der Waals surface area contributed by atoms with Crippen LogP contribution in [-0.2, 0) is 0 Å². The third-order valence-corrected chi connectivity index (χ3v) is 3.80. The summed E-state index contributed by atoms with van der Waals surface area (Å²) in [6.07, 6.45) is 3.87. The number of aromatic hydroxyl groups is 1. The SMILES string of the molecule is Oc1cccc(NC2CCN3CCCC23)c1. The number of nitrogens with one attached hydrogen (secondary N) is 1. The Balaban J connectivity index is 1.71. The molecule has 16 heavy (non-hydrogen) atoms. The van der Waals surface area contributed by atoms with Crippen molar-refractivity contribution in [3.63, 3.8) is 0 Å². The average Bonchev–Trinajstić information content (AvgIpc) is 2.83. The van der Waals surface area contributed by atoms with Crippen LogP contribution in [0.1, 0.15) is 19.3 Å². The van der Waals surface area contributed by atoms with Gasteiger partial charge in [-0.05, 0) is 37.9 Å². The molecule has 2 atom stereocenters. The fourth-order valence-electron chi connectivity index (χ4n) is 3.06. The summed E-state index contributed by atoms with van der Waals surface area (Å²) in [5, 5.41) is 13.0. The summed E-state index contributed by atoms with van der Waals surface area (Å²) < 4.78 is 0. The first-order valence-electron chi connectivity index (χ1n) is 6.12. The lowest BCUT2D eigenvalue weighted by Gasteiger charge is -2.22. The van der Waals surface area contributed by atoms with Gasteiger partial charge in [-0.3, -0.25) is 4.90 Å². The minimum absolute atomic E-state index is 0.339. The molecule has 3 heteroatoms. The normalized spacial score (nSPS) is 29.2. The number of anilines is 1. The van der Waals surface area contributed by atoms with Crippen molar-refractivity contribution in [1.82, 2.24) is 4.90 Å². The Morgan fingerprint density at radius 1 is 1.25 bits per heavy atom. The van der Waals surface area contributed by atoms with Crippen LogP contribution in [0.5, 0.6) is 5.75 Å². The third kappa shape index (κ3) is 1.76. The van der Waals surface area contributed by atoms with Crippen molar-refractivity contribution in [3.8, 4) is 5.75 Å². The molecule has 3 rings (SSSR count). The number of benzene rings is 1. The maximum atomic E-state index is 9.42. The molecule has 0 aliphatic carbocycles. The smallest absolute Gasteiger partial charge is 0.117 e. The van der Waals surface area contributed by atoms with Crippen LogP contribution in [0, 0.1) is 0 Å². The summed E-state index contributed by atoms with van der Waals surface area (Å²) in [7, 11) is 0. The van der Waals surface area contributed by atoms with Crippen LogP contribution in [0.3, 0.4) is 0 Å². The van der Waals surface area contributed by atoms with E-state index in [4.69, 9.17) is 0 Å². The minimum atomic E-state index is 0.339. The Labute approximate surface area is 96.1 Å². The lowest BCUT2D eigenvalue weighted by atomic mass is 10.1. The fourth-order valence-corrected chi connectivity index (χ4v) is 3.06. The molecule has 2 N–H and O–H groups in total. The van der Waals surface area contributed by atoms with Crippen molar-refractivity contribution in [2.45, 2.75) is 31.3 Å². The number of hydrogen-bond acceptors (Lipinski definition) is 3. The first-order valence-corrected chi connectivity index (χ1v) is 6.12. The van der Waals surface area contributed by atoms with Gasteiger partial charge >= 0.3 is 0 Å². The maximum Gasteiger partial charge on any atom is 0.117 e. The van der Waals surface area contributed by atoms with Crippen LogP contribution >= 0.6 is 0 Å². The summed E-state index contributed by atoms with van der Waals surface area (Å²) in [4.78, 5) is 2.58. The largest absolute Gasteiger partial charge is 0.508 e. The molecule has 0 amide bonds. The van der Waals surface area contributed by atoms with E-state index in [0.29, 0.717) is 17.8 Å². The van der Waals surface area contributed by atoms with Crippen LogP contribution in [0.15, 0.2) is 24.3 Å². The molecule has 86 valence electrons. The van der Waals surface area contributed by atoms with Gasteiger partial charge in [0.2, 0.25) is 0 Å². The standard InChI is InChI=1S/C13H18N2O/c16-11-4-1-3-10(9-11)14-12-6-8-15-7-2-5-13(12)15/h1,3-4,9,12-14,16H,2,5-8H2. The second-order valence-corrected chi connectivity index (χ2v) is 4.84. The van der Waals surface area contributed by atoms with Gasteiger partial charge in [0.05, 0.1) is 0 Å². The highest BCUT2D eigenvalue weighted by molar-refractivity contribution is 5.48. The van der Waals surface area contributed by atoms with E-state index < -0.39 is 0 Å². The zero-order valence-electron chi connectivity index (χ0n) is 9.39. The predicted molar refractivity (Wildman–Crippen MR) is 64.7 cm³/mol. The molecule has 2 unspecified atom stereocenters. The van der Waals surface area contributed by atoms with Crippen LogP contribution in [-0.4, -0.2) is 35.2 Å². The van der Waals surface area contributed by atoms with E-state index in [9.17, 15) is 5.11 Å². The molecule has 2 saturated heterocycles. The Morgan fingerprint density at radius 2 is 2.19 bits per heavy atom. The Bertz CT molecular complexity index is 380. The first-order chi connectivity index (χ1) is 7.83. The predicted octanol–water partition coefficient (Wildman–Crippen LogP) is 2.04. The zero-order chi connectivity index (χ0) is 11.0. The van der Waals surface area contributed by atoms with Gasteiger partial charge in [-0.15, -0.1) is 0 Å². The molecule has 0 radical (unpaired) electrons. The maximum absolute atomic E-state index is 9.42. The number of fused-ring (bicyclic) bond motifs is 1. The molecule has 2 aliphatic heterocycles. The van der Waals surface area contributed by atoms with Gasteiger partial charge in [-0.1, -0.05) is 6.07 Å². The van der Waals surface area contributed by atoms with E-state index >= 15 is 0 Å². The minimum Gasteiger partial charge on any atom is -0.508 e. The molecule has 2 aliphatic rings. The van der Waals surface area contributed by atoms with Crippen molar-refractivity contribution in [1.29, 1.82) is 0 Å². The highest BCUT2D eigenvalue weighted by Crippen LogP contribution is 2.30. The molecule has 2 heterocycles. The van der Waals surface area contributed by atoms with E-state index in [1.807, 2.05) is 12.1 Å². The lowest BCUT2D eigenvalue weighted by molar-refractivity contribution is 0.318. The monoisotopic (exact) mass is 218 g/mol. The summed E-state index contributed by atoms with van der Waals surface area (Å²) in [5.74, 6) is 0.339. The number of nitrogens with zero attached hydrogens (tertiary/aromatic N) is 1. The molecule has 1 aromatic carbocycles. The Morgan fingerprint density at radius 3 is 3.06 bits per heavy atom. The van der Waals surface area contributed by atoms with Crippen molar-refractivity contribution >= 4 is 5.69 Å². The van der Waals surface area contributed by atoms with Crippen LogP contribution in [0.4, 0.5) is 5.69 Å². The molecule has 3 nitrogen and oxygen atoms in total. The lowest BCUT2D eigenvalue weighted by Crippen LogP contribution is -2.33. The molecular weight excluding hydrogens is 200 g/mol. The van der Waals surface area contributed by atoms with E-state index in [1.165, 1.54) is 32.4 Å². The third-order valence-electron chi connectivity index (χ3n) is 3.80. The number of phenols is 1. The van der Waals surface area contributed by atoms with Crippen molar-refractivity contribution < 1.29 is 5.11 Å². The molecular formula is C13H18N2O. The van der Waals surface area contributed by atoms with Gasteiger partial charge in [-0.25, -0.2) is 0 Å². The Kier molecular flexibility index (Phi) is 2.48. The molecule has 2 fully saturated rings. The van der Waals surface area contributed by atoms with Crippen LogP contribution in [0.2, 0.25) is 0 Å². The molecule has 0 aromatic heterocycles. The van der Waals surface area contributed by atoms with Crippen molar-refractivity contribution in [3.05, 3.63) is 24.3 Å². The second-order valence-electron chi connectivity index (χ2n) is 4.84. The van der Waals surface area contributed by atoms with Gasteiger partial charge in [0.25, 0.3) is 0 Å². The van der Waals surface area contributed by atoms with E-state index in [-0.39, 0.29) is 0 Å². The quantitative estimate of drug-likeness (QED) is 0.797. The number of hydrogen-bond donors (Lipinski definition) is 2. The first kappa shape index (κ1) is 9.97. The van der Waals surface area contributed by atoms with Crippen LogP contribution in [0.25, 0.3) is 0 Å². The zero-order valence-corrected chi connectivity index (χ0v) is 9.39. The molecule has 0 spiro atoms. The summed E-state index contributed by atoms with van der Waals surface area (Å²) in [6, 6.07) is 8.70. The highest BCUT2D eigenvalue weighted by Gasteiger charge is 2.36. The molecule has 0 saturated carbocycles. The van der Waals surface area contributed by atoms with E-state index in [1.54, 1.807) is 12.1 Å². The summed E-state index contributed by atoms with van der Waals surface area (Å²) >= 11 is 0. The van der Waals surface area contributed by atoms with Gasteiger partial charge in [0, 0.05) is 30.4 Å². The fraction of sp³-hybridized carbons (Fsp3) is 0.538. The molecule has 0 bridgehead atoms. The summed E-state index contributed by atoms with van der Waals surface area (Å²) in [5.41, 5.74) is 1.04. The number of rotatable bonds is 2. The van der Waals surface area contributed by atoms with Gasteiger partial charge < -0.3 is 10.4 Å². The summed E-state index contributed by atoms with van der Waals surface area (Å²) in [6.45, 7) is 2.49. The highest BCUT2D eigenvalue weighted by atomic mass is 16.3. The topological polar surface area (TPSA) is 35.5 Å². The van der Waals surface area contributed by atoms with Gasteiger partial charge in [0.1, 0.15) is 5.75 Å². The molecule has 1 aromatic rings. The average molecular weight is 218 g/mol.